The van der Waals surface area contributed by atoms with Crippen molar-refractivity contribution < 1.29 is 9.47 Å². The minimum Gasteiger partial charge on any atom is -0.353 e. The Labute approximate surface area is 190 Å². The van der Waals surface area contributed by atoms with Crippen LogP contribution in [0.25, 0.3) is 0 Å². The predicted octanol–water partition coefficient (Wildman–Crippen LogP) is 8.46. The Morgan fingerprint density at radius 2 is 1.11 bits per heavy atom. The van der Waals surface area contributed by atoms with Crippen molar-refractivity contribution in [2.75, 3.05) is 17.6 Å². The Hall–Kier alpha value is 0.210. The molecular weight excluding hydrogens is 459 g/mol. The number of halogens is 1. The van der Waals surface area contributed by atoms with Gasteiger partial charge >= 0.3 is 0 Å². The van der Waals surface area contributed by atoms with Crippen molar-refractivity contribution in [3.63, 3.8) is 0 Å². The van der Waals surface area contributed by atoms with Crippen LogP contribution in [0.1, 0.15) is 123 Å². The van der Waals surface area contributed by atoms with E-state index in [2.05, 4.69) is 48.3 Å². The van der Waals surface area contributed by atoms with E-state index in [4.69, 9.17) is 9.47 Å². The molecule has 0 aliphatic heterocycles. The molecule has 0 saturated carbocycles. The van der Waals surface area contributed by atoms with Gasteiger partial charge in [0, 0.05) is 30.5 Å². The largest absolute Gasteiger partial charge is 0.353 e. The first kappa shape index (κ1) is 28.2. The zero-order valence-electron chi connectivity index (χ0n) is 18.9. The molecule has 0 spiro atoms. The summed E-state index contributed by atoms with van der Waals surface area (Å²) in [5, 5.41) is 0. The third-order valence-corrected chi connectivity index (χ3v) is 5.67. The molecule has 166 valence electrons. The molecule has 2 nitrogen and oxygen atoms in total. The number of hydrogen-bond donors (Lipinski definition) is 0. The van der Waals surface area contributed by atoms with Crippen LogP contribution in [0.15, 0.2) is 0 Å². The molecule has 0 fully saturated rings. The number of alkyl halides is 1. The second-order valence-electron chi connectivity index (χ2n) is 7.74. The van der Waals surface area contributed by atoms with Crippen LogP contribution in [-0.2, 0) is 9.47 Å². The van der Waals surface area contributed by atoms with Crippen LogP contribution in [0.2, 0.25) is 0 Å². The fraction of sp³-hybridized carbons (Fsp3) is 0.920. The molecule has 3 heteroatoms. The molecular formula is C25H47IO2. The lowest BCUT2D eigenvalue weighted by atomic mass is 10.1. The zero-order valence-corrected chi connectivity index (χ0v) is 21.1. The third-order valence-electron chi connectivity index (χ3n) is 4.91. The first-order valence-electron chi connectivity index (χ1n) is 12.1. The van der Waals surface area contributed by atoms with Crippen LogP contribution < -0.4 is 0 Å². The van der Waals surface area contributed by atoms with Gasteiger partial charge in [-0.3, -0.25) is 0 Å². The van der Waals surface area contributed by atoms with Gasteiger partial charge in [-0.25, -0.2) is 0 Å². The van der Waals surface area contributed by atoms with Gasteiger partial charge in [0.25, 0.3) is 0 Å². The molecule has 0 aromatic heterocycles. The van der Waals surface area contributed by atoms with E-state index in [1.807, 2.05) is 0 Å². The molecule has 0 N–H and O–H groups in total. The third kappa shape index (κ3) is 22.5. The van der Waals surface area contributed by atoms with Crippen molar-refractivity contribution in [3.05, 3.63) is 0 Å². The van der Waals surface area contributed by atoms with Crippen molar-refractivity contribution >= 4 is 22.6 Å². The van der Waals surface area contributed by atoms with Crippen LogP contribution in [-0.4, -0.2) is 23.9 Å². The van der Waals surface area contributed by atoms with E-state index in [1.165, 1.54) is 94.3 Å². The normalized spacial score (nSPS) is 11.0. The molecule has 0 amide bonds. The van der Waals surface area contributed by atoms with Crippen LogP contribution in [0.4, 0.5) is 0 Å². The Bertz CT molecular complexity index is 332. The van der Waals surface area contributed by atoms with Crippen molar-refractivity contribution in [2.24, 2.45) is 0 Å². The Balaban J connectivity index is 3.85. The van der Waals surface area contributed by atoms with Crippen LogP contribution in [0.5, 0.6) is 0 Å². The predicted molar refractivity (Wildman–Crippen MR) is 132 cm³/mol. The van der Waals surface area contributed by atoms with Crippen LogP contribution in [0.3, 0.4) is 0 Å². The summed E-state index contributed by atoms with van der Waals surface area (Å²) in [4.78, 5) is 0. The Kier molecular flexibility index (Phi) is 25.4. The average Bonchev–Trinajstić information content (AvgIpc) is 2.71. The number of rotatable bonds is 21. The van der Waals surface area contributed by atoms with Crippen molar-refractivity contribution in [2.45, 2.75) is 129 Å². The van der Waals surface area contributed by atoms with Gasteiger partial charge in [-0.05, 0) is 38.5 Å². The lowest BCUT2D eigenvalue weighted by molar-refractivity contribution is -0.148. The van der Waals surface area contributed by atoms with E-state index >= 15 is 0 Å². The van der Waals surface area contributed by atoms with Gasteiger partial charge in [-0.1, -0.05) is 94.2 Å². The maximum absolute atomic E-state index is 6.07. The SMILES string of the molecule is CCCCCCCOC(CCCCCC#CCCCI)OCCCCCCC. The number of ether oxygens (including phenoxy) is 2. The molecule has 0 heterocycles. The quantitative estimate of drug-likeness (QED) is 0.0511. The van der Waals surface area contributed by atoms with Gasteiger partial charge in [0.05, 0.1) is 0 Å². The Morgan fingerprint density at radius 1 is 0.607 bits per heavy atom. The molecule has 0 aliphatic rings. The summed E-state index contributed by atoms with van der Waals surface area (Å²) in [5.74, 6) is 6.59. The average molecular weight is 507 g/mol. The molecule has 0 radical (unpaired) electrons. The summed E-state index contributed by atoms with van der Waals surface area (Å²) in [6.07, 6.45) is 20.9. The molecule has 0 bridgehead atoms. The van der Waals surface area contributed by atoms with Crippen molar-refractivity contribution in [1.29, 1.82) is 0 Å². The van der Waals surface area contributed by atoms with E-state index in [1.54, 1.807) is 0 Å². The summed E-state index contributed by atoms with van der Waals surface area (Å²) >= 11 is 2.42. The monoisotopic (exact) mass is 506 g/mol. The highest BCUT2D eigenvalue weighted by atomic mass is 127. The summed E-state index contributed by atoms with van der Waals surface area (Å²) in [6.45, 7) is 6.23. The van der Waals surface area contributed by atoms with E-state index in [0.717, 1.165) is 32.5 Å². The highest BCUT2D eigenvalue weighted by Crippen LogP contribution is 2.13. The maximum atomic E-state index is 6.07. The van der Waals surface area contributed by atoms with E-state index in [0.29, 0.717) is 0 Å². The van der Waals surface area contributed by atoms with Gasteiger partial charge < -0.3 is 9.47 Å². The molecule has 0 unspecified atom stereocenters. The van der Waals surface area contributed by atoms with Crippen LogP contribution >= 0.6 is 22.6 Å². The van der Waals surface area contributed by atoms with Crippen molar-refractivity contribution in [1.82, 2.24) is 0 Å². The van der Waals surface area contributed by atoms with E-state index < -0.39 is 0 Å². The Morgan fingerprint density at radius 3 is 1.64 bits per heavy atom. The minimum absolute atomic E-state index is 0.00656. The second kappa shape index (κ2) is 25.2. The minimum atomic E-state index is 0.00656. The maximum Gasteiger partial charge on any atom is 0.157 e. The van der Waals surface area contributed by atoms with Gasteiger partial charge in [0.2, 0.25) is 0 Å². The molecule has 28 heavy (non-hydrogen) atoms. The zero-order chi connectivity index (χ0) is 20.5. The first-order chi connectivity index (χ1) is 13.8. The number of hydrogen-bond acceptors (Lipinski definition) is 2. The van der Waals surface area contributed by atoms with Gasteiger partial charge in [-0.15, -0.1) is 11.8 Å². The van der Waals surface area contributed by atoms with Crippen LogP contribution in [0, 0.1) is 11.8 Å². The number of unbranched alkanes of at least 4 members (excludes halogenated alkanes) is 12. The lowest BCUT2D eigenvalue weighted by Gasteiger charge is -2.19. The molecule has 0 atom stereocenters. The fourth-order valence-electron chi connectivity index (χ4n) is 3.09. The second-order valence-corrected chi connectivity index (χ2v) is 8.82. The molecule has 0 rings (SSSR count). The summed E-state index contributed by atoms with van der Waals surface area (Å²) in [7, 11) is 0. The summed E-state index contributed by atoms with van der Waals surface area (Å²) < 4.78 is 13.4. The smallest absolute Gasteiger partial charge is 0.157 e. The fourth-order valence-corrected chi connectivity index (χ4v) is 3.47. The van der Waals surface area contributed by atoms with E-state index in [-0.39, 0.29) is 6.29 Å². The summed E-state index contributed by atoms with van der Waals surface area (Å²) in [5.41, 5.74) is 0. The summed E-state index contributed by atoms with van der Waals surface area (Å²) in [6, 6.07) is 0. The lowest BCUT2D eigenvalue weighted by Crippen LogP contribution is -2.19. The van der Waals surface area contributed by atoms with Gasteiger partial charge in [0.1, 0.15) is 0 Å². The molecule has 0 aliphatic carbocycles. The first-order valence-corrected chi connectivity index (χ1v) is 13.6. The highest BCUT2D eigenvalue weighted by molar-refractivity contribution is 14.1. The van der Waals surface area contributed by atoms with Gasteiger partial charge in [-0.2, -0.15) is 0 Å². The molecule has 0 aromatic carbocycles. The molecule has 0 saturated heterocycles. The topological polar surface area (TPSA) is 18.5 Å². The standard InChI is InChI=1S/C25H47IO2/c1-3-5-7-15-19-23-27-25(28-24-20-16-8-6-4-2)21-17-13-11-9-10-12-14-18-22-26/h25H,3-9,11,13-24H2,1-2H3. The van der Waals surface area contributed by atoms with Crippen molar-refractivity contribution in [3.8, 4) is 11.8 Å². The van der Waals surface area contributed by atoms with E-state index in [9.17, 15) is 0 Å². The highest BCUT2D eigenvalue weighted by Gasteiger charge is 2.09. The molecule has 0 aromatic rings. The van der Waals surface area contributed by atoms with Gasteiger partial charge in [0.15, 0.2) is 6.29 Å².